The minimum absolute atomic E-state index is 0.0293. The Morgan fingerprint density at radius 3 is 2.74 bits per heavy atom. The number of rotatable bonds is 4. The first-order chi connectivity index (χ1) is 11.1. The maximum absolute atomic E-state index is 12.2. The van der Waals surface area contributed by atoms with Crippen molar-refractivity contribution in [3.63, 3.8) is 0 Å². The van der Waals surface area contributed by atoms with Crippen molar-refractivity contribution in [3.05, 3.63) is 35.4 Å². The van der Waals surface area contributed by atoms with E-state index in [1.54, 1.807) is 29.2 Å². The van der Waals surface area contributed by atoms with Crippen LogP contribution in [0, 0.1) is 11.3 Å². The topological polar surface area (TPSA) is 85.2 Å². The zero-order valence-corrected chi connectivity index (χ0v) is 13.3. The molecule has 6 heteroatoms. The van der Waals surface area contributed by atoms with Crippen LogP contribution in [0.4, 0.5) is 4.79 Å². The number of carbonyl (C=O) groups is 2. The fraction of sp³-hybridized carbons (Fsp3) is 0.471. The summed E-state index contributed by atoms with van der Waals surface area (Å²) < 4.78 is 0. The molecule has 0 aromatic heterocycles. The highest BCUT2D eigenvalue weighted by Crippen LogP contribution is 2.12. The lowest BCUT2D eigenvalue weighted by Crippen LogP contribution is -2.49. The van der Waals surface area contributed by atoms with Gasteiger partial charge in [0.1, 0.15) is 0 Å². The van der Waals surface area contributed by atoms with Gasteiger partial charge in [0.2, 0.25) is 0 Å². The number of carbonyl (C=O) groups excluding carboxylic acids is 2. The minimum Gasteiger partial charge on any atom is -0.349 e. The lowest BCUT2D eigenvalue weighted by molar-refractivity contribution is 0.0918. The van der Waals surface area contributed by atoms with Crippen molar-refractivity contribution in [2.24, 2.45) is 0 Å². The third-order valence-electron chi connectivity index (χ3n) is 3.90. The Morgan fingerprint density at radius 1 is 1.35 bits per heavy atom. The lowest BCUT2D eigenvalue weighted by atomic mass is 10.0. The van der Waals surface area contributed by atoms with Crippen molar-refractivity contribution >= 4 is 11.9 Å². The van der Waals surface area contributed by atoms with Gasteiger partial charge in [0.05, 0.1) is 11.6 Å². The molecule has 1 aliphatic rings. The molecular weight excluding hydrogens is 292 g/mol. The van der Waals surface area contributed by atoms with E-state index < -0.39 is 0 Å². The summed E-state index contributed by atoms with van der Waals surface area (Å²) in [6.07, 6.45) is 2.40. The number of nitriles is 1. The van der Waals surface area contributed by atoms with Crippen LogP contribution in [0.1, 0.15) is 42.1 Å². The van der Waals surface area contributed by atoms with Gasteiger partial charge >= 0.3 is 6.03 Å². The number of urea groups is 1. The molecule has 1 aromatic carbocycles. The van der Waals surface area contributed by atoms with Crippen LogP contribution in [-0.2, 0) is 0 Å². The number of nitrogens with zero attached hydrogens (tertiary/aromatic N) is 2. The standard InChI is InChI=1S/C17H22N4O2/c1-2-8-19-17(23)21-9-6-15(7-10-21)20-16(22)14-5-3-4-13(11-14)12-18/h3-5,11,15H,2,6-10H2,1H3,(H,19,23)(H,20,22). The summed E-state index contributed by atoms with van der Waals surface area (Å²) >= 11 is 0. The molecule has 1 fully saturated rings. The highest BCUT2D eigenvalue weighted by Gasteiger charge is 2.23. The number of hydrogen-bond acceptors (Lipinski definition) is 3. The highest BCUT2D eigenvalue weighted by atomic mass is 16.2. The van der Waals surface area contributed by atoms with Gasteiger partial charge < -0.3 is 15.5 Å². The fourth-order valence-electron chi connectivity index (χ4n) is 2.57. The van der Waals surface area contributed by atoms with E-state index in [9.17, 15) is 9.59 Å². The van der Waals surface area contributed by atoms with Crippen LogP contribution >= 0.6 is 0 Å². The highest BCUT2D eigenvalue weighted by molar-refractivity contribution is 5.94. The van der Waals surface area contributed by atoms with Crippen molar-refractivity contribution in [1.29, 1.82) is 5.26 Å². The number of benzene rings is 1. The average molecular weight is 314 g/mol. The van der Waals surface area contributed by atoms with Crippen molar-refractivity contribution < 1.29 is 9.59 Å². The van der Waals surface area contributed by atoms with Gasteiger partial charge in [-0.25, -0.2) is 4.79 Å². The summed E-state index contributed by atoms with van der Waals surface area (Å²) in [5.74, 6) is -0.170. The SMILES string of the molecule is CCCNC(=O)N1CCC(NC(=O)c2cccc(C#N)c2)CC1. The molecule has 23 heavy (non-hydrogen) atoms. The zero-order chi connectivity index (χ0) is 16.7. The molecular formula is C17H22N4O2. The van der Waals surface area contributed by atoms with E-state index in [2.05, 4.69) is 10.6 Å². The first-order valence-electron chi connectivity index (χ1n) is 7.98. The van der Waals surface area contributed by atoms with Gasteiger partial charge in [0.15, 0.2) is 0 Å². The predicted octanol–water partition coefficient (Wildman–Crippen LogP) is 1.87. The molecule has 1 aromatic rings. The molecule has 2 N–H and O–H groups in total. The Labute approximate surface area is 136 Å². The largest absolute Gasteiger partial charge is 0.349 e. The molecule has 0 spiro atoms. The normalized spacial score (nSPS) is 14.9. The van der Waals surface area contributed by atoms with Gasteiger partial charge in [-0.3, -0.25) is 4.79 Å². The van der Waals surface area contributed by atoms with Crippen molar-refractivity contribution in [3.8, 4) is 6.07 Å². The third kappa shape index (κ3) is 4.71. The predicted molar refractivity (Wildman–Crippen MR) is 86.9 cm³/mol. The second kappa shape index (κ2) is 8.18. The van der Waals surface area contributed by atoms with Gasteiger partial charge in [-0.15, -0.1) is 0 Å². The molecule has 0 atom stereocenters. The smallest absolute Gasteiger partial charge is 0.317 e. The molecule has 0 bridgehead atoms. The van der Waals surface area contributed by atoms with Gasteiger partial charge in [-0.1, -0.05) is 13.0 Å². The number of nitrogens with one attached hydrogen (secondary N) is 2. The Hall–Kier alpha value is -2.55. The van der Waals surface area contributed by atoms with E-state index in [0.29, 0.717) is 30.8 Å². The number of piperidine rings is 1. The summed E-state index contributed by atoms with van der Waals surface area (Å²) in [5, 5.41) is 14.7. The molecule has 1 heterocycles. The Balaban J connectivity index is 1.83. The fourth-order valence-corrected chi connectivity index (χ4v) is 2.57. The summed E-state index contributed by atoms with van der Waals surface area (Å²) in [5.41, 5.74) is 0.965. The monoisotopic (exact) mass is 314 g/mol. The van der Waals surface area contributed by atoms with E-state index in [-0.39, 0.29) is 18.0 Å². The lowest BCUT2D eigenvalue weighted by Gasteiger charge is -2.32. The Morgan fingerprint density at radius 2 is 2.09 bits per heavy atom. The average Bonchev–Trinajstić information content (AvgIpc) is 2.60. The summed E-state index contributed by atoms with van der Waals surface area (Å²) in [6, 6.07) is 8.72. The molecule has 1 saturated heterocycles. The van der Waals surface area contributed by atoms with Gasteiger partial charge in [0.25, 0.3) is 5.91 Å². The van der Waals surface area contributed by atoms with E-state index in [0.717, 1.165) is 19.3 Å². The van der Waals surface area contributed by atoms with E-state index in [4.69, 9.17) is 5.26 Å². The molecule has 1 aliphatic heterocycles. The number of likely N-dealkylation sites (tertiary alicyclic amines) is 1. The molecule has 0 radical (unpaired) electrons. The molecule has 0 saturated carbocycles. The Bertz CT molecular complexity index is 601. The summed E-state index contributed by atoms with van der Waals surface area (Å²) in [7, 11) is 0. The van der Waals surface area contributed by atoms with E-state index >= 15 is 0 Å². The minimum atomic E-state index is -0.170. The van der Waals surface area contributed by atoms with E-state index in [1.165, 1.54) is 0 Å². The van der Waals surface area contributed by atoms with E-state index in [1.807, 2.05) is 13.0 Å². The molecule has 2 rings (SSSR count). The van der Waals surface area contributed by atoms with Crippen LogP contribution in [0.15, 0.2) is 24.3 Å². The molecule has 0 aliphatic carbocycles. The van der Waals surface area contributed by atoms with Crippen LogP contribution < -0.4 is 10.6 Å². The van der Waals surface area contributed by atoms with Crippen LogP contribution in [0.25, 0.3) is 0 Å². The van der Waals surface area contributed by atoms with Crippen LogP contribution in [0.3, 0.4) is 0 Å². The van der Waals surface area contributed by atoms with Gasteiger partial charge in [-0.2, -0.15) is 5.26 Å². The third-order valence-corrected chi connectivity index (χ3v) is 3.90. The van der Waals surface area contributed by atoms with Crippen LogP contribution in [0.5, 0.6) is 0 Å². The van der Waals surface area contributed by atoms with Crippen molar-refractivity contribution in [1.82, 2.24) is 15.5 Å². The second-order valence-electron chi connectivity index (χ2n) is 5.66. The molecule has 6 nitrogen and oxygen atoms in total. The van der Waals surface area contributed by atoms with Crippen LogP contribution in [-0.4, -0.2) is 42.5 Å². The zero-order valence-electron chi connectivity index (χ0n) is 13.3. The van der Waals surface area contributed by atoms with Crippen LogP contribution in [0.2, 0.25) is 0 Å². The molecule has 122 valence electrons. The number of amides is 3. The van der Waals surface area contributed by atoms with Crippen molar-refractivity contribution in [2.45, 2.75) is 32.2 Å². The Kier molecular flexibility index (Phi) is 5.98. The first-order valence-corrected chi connectivity index (χ1v) is 7.98. The summed E-state index contributed by atoms with van der Waals surface area (Å²) in [4.78, 5) is 25.9. The maximum Gasteiger partial charge on any atom is 0.317 e. The molecule has 3 amide bonds. The molecule has 0 unspecified atom stereocenters. The number of hydrogen-bond donors (Lipinski definition) is 2. The first kappa shape index (κ1) is 16.8. The van der Waals surface area contributed by atoms with Crippen molar-refractivity contribution in [2.75, 3.05) is 19.6 Å². The van der Waals surface area contributed by atoms with Gasteiger partial charge in [-0.05, 0) is 37.5 Å². The second-order valence-corrected chi connectivity index (χ2v) is 5.66. The summed E-state index contributed by atoms with van der Waals surface area (Å²) in [6.45, 7) is 3.98. The maximum atomic E-state index is 12.2. The quantitative estimate of drug-likeness (QED) is 0.889. The van der Waals surface area contributed by atoms with Gasteiger partial charge in [0, 0.05) is 31.2 Å².